The summed E-state index contributed by atoms with van der Waals surface area (Å²) in [6.45, 7) is 3.10. The molecule has 2 N–H and O–H groups in total. The van der Waals surface area contributed by atoms with Crippen LogP contribution in [-0.4, -0.2) is 50.7 Å². The van der Waals surface area contributed by atoms with E-state index in [-0.39, 0.29) is 18.6 Å². The summed E-state index contributed by atoms with van der Waals surface area (Å²) < 4.78 is 69.2. The number of unbranched alkanes of at least 4 members (excludes halogenated alkanes) is 1. The number of hydrogen-bond donors (Lipinski definition) is 2. The minimum atomic E-state index is -5.50. The number of aliphatic hydroxyl groups excluding tert-OH is 1. The molecule has 3 unspecified atom stereocenters. The van der Waals surface area contributed by atoms with E-state index in [1.807, 2.05) is 6.92 Å². The summed E-state index contributed by atoms with van der Waals surface area (Å²) in [7, 11) is -5.50. The number of aliphatic hydroxyl groups is 1. The molecule has 0 spiro atoms. The van der Waals surface area contributed by atoms with Crippen LogP contribution in [0.5, 0.6) is 0 Å². The van der Waals surface area contributed by atoms with Crippen LogP contribution in [0, 0.1) is 0 Å². The van der Waals surface area contributed by atoms with Crippen LogP contribution in [0.25, 0.3) is 0 Å². The number of nitrogens with one attached hydrogen (secondary N) is 1. The van der Waals surface area contributed by atoms with Gasteiger partial charge in [-0.2, -0.15) is 17.9 Å². The molecule has 126 valence electrons. The molecule has 0 saturated carbocycles. The van der Waals surface area contributed by atoms with Crippen LogP contribution >= 0.6 is 0 Å². The van der Waals surface area contributed by atoms with Crippen molar-refractivity contribution >= 4 is 10.0 Å². The molecule has 1 saturated heterocycles. The molecule has 0 aromatic carbocycles. The molecule has 21 heavy (non-hydrogen) atoms. The molecule has 6 nitrogen and oxygen atoms in total. The summed E-state index contributed by atoms with van der Waals surface area (Å²) in [6, 6.07) is 0. The van der Waals surface area contributed by atoms with Crippen molar-refractivity contribution < 1.29 is 36.2 Å². The molecule has 1 aliphatic heterocycles. The average molecular weight is 335 g/mol. The van der Waals surface area contributed by atoms with E-state index >= 15 is 0 Å². The maximum atomic E-state index is 12.1. The van der Waals surface area contributed by atoms with Gasteiger partial charge in [0, 0.05) is 0 Å². The van der Waals surface area contributed by atoms with Crippen molar-refractivity contribution in [3.63, 3.8) is 0 Å². The lowest BCUT2D eigenvalue weighted by atomic mass is 10.1. The summed E-state index contributed by atoms with van der Waals surface area (Å²) in [5.74, 6) is 0. The predicted molar refractivity (Wildman–Crippen MR) is 67.7 cm³/mol. The van der Waals surface area contributed by atoms with Crippen molar-refractivity contribution in [3.8, 4) is 0 Å². The highest BCUT2D eigenvalue weighted by atomic mass is 32.2. The van der Waals surface area contributed by atoms with Gasteiger partial charge in [-0.1, -0.05) is 6.42 Å². The zero-order valence-corrected chi connectivity index (χ0v) is 12.4. The van der Waals surface area contributed by atoms with Gasteiger partial charge >= 0.3 is 15.5 Å². The maximum absolute atomic E-state index is 12.1. The fourth-order valence-corrected chi connectivity index (χ4v) is 2.20. The minimum absolute atomic E-state index is 0.0155. The van der Waals surface area contributed by atoms with Gasteiger partial charge in [-0.15, -0.1) is 0 Å². The number of sulfonamides is 1. The molecule has 0 aromatic rings. The van der Waals surface area contributed by atoms with Gasteiger partial charge < -0.3 is 14.6 Å². The lowest BCUT2D eigenvalue weighted by Crippen LogP contribution is -2.42. The fraction of sp³-hybridized carbons (Fsp3) is 1.00. The lowest BCUT2D eigenvalue weighted by molar-refractivity contribution is -0.0466. The van der Waals surface area contributed by atoms with E-state index in [2.05, 4.69) is 0 Å². The monoisotopic (exact) mass is 335 g/mol. The van der Waals surface area contributed by atoms with Crippen LogP contribution in [0.4, 0.5) is 13.2 Å². The predicted octanol–water partition coefficient (Wildman–Crippen LogP) is 1.11. The van der Waals surface area contributed by atoms with Crippen molar-refractivity contribution in [3.05, 3.63) is 0 Å². The van der Waals surface area contributed by atoms with E-state index < -0.39 is 21.8 Å². The SMILES string of the molecule is CC(CCCCC(O)NS(=O)(=O)C(F)(F)F)OCC1CO1. The number of epoxide rings is 1. The van der Waals surface area contributed by atoms with E-state index in [0.717, 1.165) is 0 Å². The first kappa shape index (κ1) is 18.6. The number of halogens is 3. The summed E-state index contributed by atoms with van der Waals surface area (Å²) in [4.78, 5) is 0. The lowest BCUT2D eigenvalue weighted by Gasteiger charge is -2.15. The second-order valence-corrected chi connectivity index (χ2v) is 6.67. The van der Waals surface area contributed by atoms with Gasteiger partial charge in [0.25, 0.3) is 0 Å². The van der Waals surface area contributed by atoms with Crippen molar-refractivity contribution in [1.82, 2.24) is 4.72 Å². The van der Waals surface area contributed by atoms with E-state index in [9.17, 15) is 26.7 Å². The van der Waals surface area contributed by atoms with Gasteiger partial charge in [0.2, 0.25) is 0 Å². The van der Waals surface area contributed by atoms with Crippen molar-refractivity contribution in [1.29, 1.82) is 0 Å². The first-order valence-electron chi connectivity index (χ1n) is 6.61. The Balaban J connectivity index is 2.11. The first-order valence-corrected chi connectivity index (χ1v) is 8.10. The van der Waals surface area contributed by atoms with E-state index in [0.29, 0.717) is 32.5 Å². The Morgan fingerprint density at radius 2 is 1.95 bits per heavy atom. The normalized spacial score (nSPS) is 22.0. The van der Waals surface area contributed by atoms with Gasteiger partial charge in [-0.25, -0.2) is 8.42 Å². The second-order valence-electron chi connectivity index (χ2n) is 4.97. The standard InChI is InChI=1S/C11H20F3NO5S/c1-8(19-6-9-7-20-9)4-2-3-5-10(16)15-21(17,18)11(12,13)14/h8-10,15-16H,2-7H2,1H3. The molecule has 1 heterocycles. The van der Waals surface area contributed by atoms with Gasteiger partial charge in [0.1, 0.15) is 12.3 Å². The molecular weight excluding hydrogens is 315 g/mol. The highest BCUT2D eigenvalue weighted by molar-refractivity contribution is 7.90. The van der Waals surface area contributed by atoms with Gasteiger partial charge in [0.15, 0.2) is 0 Å². The number of ether oxygens (including phenoxy) is 2. The van der Waals surface area contributed by atoms with Crippen molar-refractivity contribution in [2.24, 2.45) is 0 Å². The Bertz CT molecular complexity index is 411. The molecule has 1 aliphatic rings. The Labute approximate surface area is 121 Å². The van der Waals surface area contributed by atoms with Crippen molar-refractivity contribution in [2.75, 3.05) is 13.2 Å². The quantitative estimate of drug-likeness (QED) is 0.355. The zero-order chi connectivity index (χ0) is 16.1. The van der Waals surface area contributed by atoms with Crippen molar-refractivity contribution in [2.45, 2.75) is 56.6 Å². The smallest absolute Gasteiger partial charge is 0.378 e. The van der Waals surface area contributed by atoms with Crippen LogP contribution in [-0.2, 0) is 19.5 Å². The second kappa shape index (κ2) is 7.73. The molecule has 1 fully saturated rings. The van der Waals surface area contributed by atoms with Crippen LogP contribution in [0.3, 0.4) is 0 Å². The van der Waals surface area contributed by atoms with Crippen LogP contribution in [0.2, 0.25) is 0 Å². The third-order valence-electron chi connectivity index (χ3n) is 2.90. The van der Waals surface area contributed by atoms with E-state index in [1.165, 1.54) is 4.72 Å². The van der Waals surface area contributed by atoms with Crippen LogP contribution < -0.4 is 4.72 Å². The average Bonchev–Trinajstić information content (AvgIpc) is 3.14. The van der Waals surface area contributed by atoms with Crippen LogP contribution in [0.15, 0.2) is 0 Å². The highest BCUT2D eigenvalue weighted by Gasteiger charge is 2.46. The number of rotatable bonds is 10. The van der Waals surface area contributed by atoms with E-state index in [4.69, 9.17) is 9.47 Å². The molecule has 10 heteroatoms. The maximum Gasteiger partial charge on any atom is 0.511 e. The van der Waals surface area contributed by atoms with Gasteiger partial charge in [-0.05, 0) is 26.2 Å². The molecule has 0 amide bonds. The largest absolute Gasteiger partial charge is 0.511 e. The first-order chi connectivity index (χ1) is 9.62. The summed E-state index contributed by atoms with van der Waals surface area (Å²) in [6.07, 6.45) is -0.0108. The molecule has 3 atom stereocenters. The minimum Gasteiger partial charge on any atom is -0.378 e. The van der Waals surface area contributed by atoms with Gasteiger partial charge in [0.05, 0.1) is 19.3 Å². The Morgan fingerprint density at radius 1 is 1.38 bits per heavy atom. The Kier molecular flexibility index (Phi) is 6.85. The molecule has 0 aliphatic carbocycles. The molecule has 0 bridgehead atoms. The summed E-state index contributed by atoms with van der Waals surface area (Å²) >= 11 is 0. The third kappa shape index (κ3) is 7.41. The highest BCUT2D eigenvalue weighted by Crippen LogP contribution is 2.22. The Morgan fingerprint density at radius 3 is 2.48 bits per heavy atom. The molecule has 1 rings (SSSR count). The topological polar surface area (TPSA) is 88.2 Å². The van der Waals surface area contributed by atoms with Gasteiger partial charge in [-0.3, -0.25) is 0 Å². The molecule has 0 radical (unpaired) electrons. The number of alkyl halides is 3. The summed E-state index contributed by atoms with van der Waals surface area (Å²) in [5, 5.41) is 9.26. The number of hydrogen-bond acceptors (Lipinski definition) is 5. The third-order valence-corrected chi connectivity index (χ3v) is 4.09. The Hall–Kier alpha value is -0.420. The zero-order valence-electron chi connectivity index (χ0n) is 11.6. The summed E-state index contributed by atoms with van der Waals surface area (Å²) in [5.41, 5.74) is -5.42. The van der Waals surface area contributed by atoms with Crippen LogP contribution in [0.1, 0.15) is 32.6 Å². The molecule has 0 aromatic heterocycles. The van der Waals surface area contributed by atoms with E-state index in [1.54, 1.807) is 0 Å². The molecular formula is C11H20F3NO5S. The fourth-order valence-electron chi connectivity index (χ4n) is 1.59.